The number of para-hydroxylation sites is 2. The van der Waals surface area contributed by atoms with Crippen molar-refractivity contribution in [2.24, 2.45) is 0 Å². The summed E-state index contributed by atoms with van der Waals surface area (Å²) in [5.74, 6) is -1.21. The van der Waals surface area contributed by atoms with E-state index in [1.165, 1.54) is 4.90 Å². The Morgan fingerprint density at radius 1 is 1.38 bits per heavy atom. The fourth-order valence-electron chi connectivity index (χ4n) is 2.37. The van der Waals surface area contributed by atoms with Gasteiger partial charge in [0.05, 0.1) is 17.4 Å². The van der Waals surface area contributed by atoms with E-state index in [1.807, 2.05) is 31.2 Å². The number of fused-ring (bicyclic) bond motifs is 1. The summed E-state index contributed by atoms with van der Waals surface area (Å²) < 4.78 is 1.78. The number of carbonyl (C=O) groups excluding carboxylic acids is 1. The highest BCUT2D eigenvalue weighted by Gasteiger charge is 2.24. The van der Waals surface area contributed by atoms with E-state index in [2.05, 4.69) is 4.98 Å². The molecule has 21 heavy (non-hydrogen) atoms. The Morgan fingerprint density at radius 3 is 2.76 bits per heavy atom. The number of amides is 1. The molecule has 6 heteroatoms. The summed E-state index contributed by atoms with van der Waals surface area (Å²) in [5.41, 5.74) is 1.68. The van der Waals surface area contributed by atoms with E-state index in [0.29, 0.717) is 6.54 Å². The highest BCUT2D eigenvalue weighted by atomic mass is 16.4. The Labute approximate surface area is 123 Å². The Morgan fingerprint density at radius 2 is 2.10 bits per heavy atom. The second kappa shape index (κ2) is 6.39. The largest absolute Gasteiger partial charge is 0.480 e. The van der Waals surface area contributed by atoms with Crippen LogP contribution in [-0.2, 0) is 9.59 Å². The van der Waals surface area contributed by atoms with Crippen LogP contribution >= 0.6 is 0 Å². The van der Waals surface area contributed by atoms with Crippen molar-refractivity contribution in [1.29, 1.82) is 0 Å². The number of hydrogen-bond acceptors (Lipinski definition) is 3. The lowest BCUT2D eigenvalue weighted by Crippen LogP contribution is -2.40. The Balaban J connectivity index is 2.26. The van der Waals surface area contributed by atoms with Crippen molar-refractivity contribution in [3.05, 3.63) is 30.6 Å². The van der Waals surface area contributed by atoms with Crippen molar-refractivity contribution in [2.75, 3.05) is 13.1 Å². The highest BCUT2D eigenvalue weighted by Crippen LogP contribution is 2.19. The SMILES string of the molecule is CCCN(CC(=O)O)C(=O)C(C)n1cnc2ccccc21. The van der Waals surface area contributed by atoms with E-state index in [4.69, 9.17) is 5.11 Å². The van der Waals surface area contributed by atoms with Gasteiger partial charge in [0.1, 0.15) is 12.6 Å². The predicted octanol–water partition coefficient (Wildman–Crippen LogP) is 1.92. The molecule has 2 rings (SSSR count). The quantitative estimate of drug-likeness (QED) is 0.881. The topological polar surface area (TPSA) is 75.4 Å². The minimum absolute atomic E-state index is 0.206. The molecule has 2 aromatic rings. The van der Waals surface area contributed by atoms with Gasteiger partial charge >= 0.3 is 5.97 Å². The fourth-order valence-corrected chi connectivity index (χ4v) is 2.37. The minimum atomic E-state index is -1.00. The fraction of sp³-hybridized carbons (Fsp3) is 0.400. The van der Waals surface area contributed by atoms with Crippen molar-refractivity contribution in [1.82, 2.24) is 14.5 Å². The number of nitrogens with zero attached hydrogens (tertiary/aromatic N) is 3. The number of aliphatic carboxylic acids is 1. The molecule has 1 amide bonds. The molecule has 0 spiro atoms. The number of rotatable bonds is 6. The maximum atomic E-state index is 12.5. The molecule has 1 N–H and O–H groups in total. The van der Waals surface area contributed by atoms with Gasteiger partial charge in [-0.25, -0.2) is 4.98 Å². The summed E-state index contributed by atoms with van der Waals surface area (Å²) in [5, 5.41) is 8.93. The van der Waals surface area contributed by atoms with E-state index < -0.39 is 12.0 Å². The Bertz CT molecular complexity index is 650. The van der Waals surface area contributed by atoms with Gasteiger partial charge in [-0.1, -0.05) is 19.1 Å². The zero-order valence-corrected chi connectivity index (χ0v) is 12.2. The van der Waals surface area contributed by atoms with Crippen LogP contribution in [0.3, 0.4) is 0 Å². The first-order chi connectivity index (χ1) is 10.0. The zero-order chi connectivity index (χ0) is 15.4. The van der Waals surface area contributed by atoms with Crippen molar-refractivity contribution in [2.45, 2.75) is 26.3 Å². The summed E-state index contributed by atoms with van der Waals surface area (Å²) in [4.78, 5) is 29.1. The van der Waals surface area contributed by atoms with Crippen molar-refractivity contribution in [3.8, 4) is 0 Å². The summed E-state index contributed by atoms with van der Waals surface area (Å²) >= 11 is 0. The van der Waals surface area contributed by atoms with Crippen LogP contribution < -0.4 is 0 Å². The normalized spacial score (nSPS) is 12.3. The smallest absolute Gasteiger partial charge is 0.323 e. The maximum Gasteiger partial charge on any atom is 0.323 e. The van der Waals surface area contributed by atoms with Gasteiger partial charge in [-0.2, -0.15) is 0 Å². The Hall–Kier alpha value is -2.37. The van der Waals surface area contributed by atoms with Gasteiger partial charge in [-0.15, -0.1) is 0 Å². The van der Waals surface area contributed by atoms with Crippen molar-refractivity contribution >= 4 is 22.9 Å². The number of carboxylic acids is 1. The van der Waals surface area contributed by atoms with Gasteiger partial charge in [0.25, 0.3) is 0 Å². The van der Waals surface area contributed by atoms with Crippen molar-refractivity contribution in [3.63, 3.8) is 0 Å². The van der Waals surface area contributed by atoms with Crippen LogP contribution in [0.4, 0.5) is 0 Å². The predicted molar refractivity (Wildman–Crippen MR) is 79.0 cm³/mol. The maximum absolute atomic E-state index is 12.5. The lowest BCUT2D eigenvalue weighted by atomic mass is 10.2. The molecular formula is C15H19N3O3. The van der Waals surface area contributed by atoms with Gasteiger partial charge in [0.2, 0.25) is 5.91 Å². The van der Waals surface area contributed by atoms with E-state index >= 15 is 0 Å². The molecule has 112 valence electrons. The number of benzene rings is 1. The lowest BCUT2D eigenvalue weighted by Gasteiger charge is -2.24. The molecule has 0 aliphatic carbocycles. The number of hydrogen-bond donors (Lipinski definition) is 1. The molecule has 1 atom stereocenters. The first-order valence-corrected chi connectivity index (χ1v) is 6.96. The average molecular weight is 289 g/mol. The van der Waals surface area contributed by atoms with E-state index in [0.717, 1.165) is 17.5 Å². The van der Waals surface area contributed by atoms with Crippen LogP contribution in [0.25, 0.3) is 11.0 Å². The summed E-state index contributed by atoms with van der Waals surface area (Å²) in [6.45, 7) is 3.84. The molecule has 0 fully saturated rings. The van der Waals surface area contributed by atoms with Crippen LogP contribution in [0.2, 0.25) is 0 Å². The molecule has 0 radical (unpaired) electrons. The third-order valence-corrected chi connectivity index (χ3v) is 3.39. The monoisotopic (exact) mass is 289 g/mol. The number of imidazole rings is 1. The molecule has 1 heterocycles. The summed E-state index contributed by atoms with van der Waals surface area (Å²) in [7, 11) is 0. The molecule has 0 aliphatic heterocycles. The van der Waals surface area contributed by atoms with Crippen LogP contribution in [0.15, 0.2) is 30.6 Å². The van der Waals surface area contributed by atoms with Crippen molar-refractivity contribution < 1.29 is 14.7 Å². The average Bonchev–Trinajstić information content (AvgIpc) is 2.88. The molecule has 1 aromatic heterocycles. The van der Waals surface area contributed by atoms with Gasteiger partial charge in [0, 0.05) is 6.54 Å². The highest BCUT2D eigenvalue weighted by molar-refractivity contribution is 5.86. The standard InChI is InChI=1S/C15H19N3O3/c1-3-8-17(9-14(19)20)15(21)11(2)18-10-16-12-6-4-5-7-13(12)18/h4-7,10-11H,3,8-9H2,1-2H3,(H,19,20). The lowest BCUT2D eigenvalue weighted by molar-refractivity contribution is -0.145. The molecule has 6 nitrogen and oxygen atoms in total. The first kappa shape index (κ1) is 15.0. The van der Waals surface area contributed by atoms with E-state index in [-0.39, 0.29) is 12.5 Å². The van der Waals surface area contributed by atoms with E-state index in [1.54, 1.807) is 17.8 Å². The van der Waals surface area contributed by atoms with Crippen LogP contribution in [0, 0.1) is 0 Å². The van der Waals surface area contributed by atoms with Crippen LogP contribution in [0.5, 0.6) is 0 Å². The minimum Gasteiger partial charge on any atom is -0.480 e. The van der Waals surface area contributed by atoms with Gasteiger partial charge in [-0.3, -0.25) is 9.59 Å². The molecule has 0 aliphatic rings. The number of carbonyl (C=O) groups is 2. The number of aromatic nitrogens is 2. The molecule has 0 saturated heterocycles. The van der Waals surface area contributed by atoms with E-state index in [9.17, 15) is 9.59 Å². The summed E-state index contributed by atoms with van der Waals surface area (Å²) in [6.07, 6.45) is 2.34. The molecule has 0 bridgehead atoms. The van der Waals surface area contributed by atoms with Gasteiger partial charge in [-0.05, 0) is 25.5 Å². The first-order valence-electron chi connectivity index (χ1n) is 6.96. The van der Waals surface area contributed by atoms with Crippen LogP contribution in [-0.4, -0.2) is 44.5 Å². The molecule has 0 saturated carbocycles. The molecular weight excluding hydrogens is 270 g/mol. The second-order valence-electron chi connectivity index (χ2n) is 4.97. The molecule has 1 aromatic carbocycles. The van der Waals surface area contributed by atoms with Gasteiger partial charge < -0.3 is 14.6 Å². The third-order valence-electron chi connectivity index (χ3n) is 3.39. The second-order valence-corrected chi connectivity index (χ2v) is 4.97. The van der Waals surface area contributed by atoms with Gasteiger partial charge in [0.15, 0.2) is 0 Å². The molecule has 1 unspecified atom stereocenters. The summed E-state index contributed by atoms with van der Waals surface area (Å²) in [6, 6.07) is 7.07. The van der Waals surface area contributed by atoms with Crippen LogP contribution in [0.1, 0.15) is 26.3 Å². The Kier molecular flexibility index (Phi) is 4.57. The zero-order valence-electron chi connectivity index (χ0n) is 12.2. The number of carboxylic acid groups (broad SMARTS) is 1. The third kappa shape index (κ3) is 3.21.